The van der Waals surface area contributed by atoms with Crippen LogP contribution in [0.2, 0.25) is 0 Å². The fourth-order valence-corrected chi connectivity index (χ4v) is 1.79. The summed E-state index contributed by atoms with van der Waals surface area (Å²) in [7, 11) is 0. The maximum atomic E-state index is 11.2. The normalized spacial score (nSPS) is 10.2. The quantitative estimate of drug-likeness (QED) is 0.775. The number of nitrogens with zero attached hydrogens (tertiary/aromatic N) is 1. The van der Waals surface area contributed by atoms with Gasteiger partial charge < -0.3 is 11.1 Å². The molecule has 0 aliphatic rings. The van der Waals surface area contributed by atoms with E-state index < -0.39 is 0 Å². The largest absolute Gasteiger partial charge is 0.375 e. The zero-order valence-electron chi connectivity index (χ0n) is 8.95. The van der Waals surface area contributed by atoms with Gasteiger partial charge in [0.2, 0.25) is 5.91 Å². The van der Waals surface area contributed by atoms with Gasteiger partial charge in [0, 0.05) is 24.8 Å². The Morgan fingerprint density at radius 3 is 3.07 bits per heavy atom. The molecule has 0 aromatic carbocycles. The highest BCUT2D eigenvalue weighted by Gasteiger charge is 2.01. The first kappa shape index (κ1) is 12.0. The first-order valence-corrected chi connectivity index (χ1v) is 6.07. The Morgan fingerprint density at radius 2 is 2.47 bits per heavy atom. The molecule has 1 heterocycles. The number of hydrogen-bond donors (Lipinski definition) is 2. The van der Waals surface area contributed by atoms with Gasteiger partial charge in [-0.3, -0.25) is 4.79 Å². The van der Waals surface area contributed by atoms with Crippen molar-refractivity contribution in [3.05, 3.63) is 11.1 Å². The van der Waals surface area contributed by atoms with E-state index in [9.17, 15) is 4.79 Å². The van der Waals surface area contributed by atoms with Crippen LogP contribution in [0.1, 0.15) is 31.9 Å². The molecule has 3 N–H and O–H groups in total. The molecule has 1 amide bonds. The number of carbonyl (C=O) groups is 1. The molecule has 1 rings (SSSR count). The number of nitrogens with two attached hydrogens (primary N) is 1. The predicted molar refractivity (Wildman–Crippen MR) is 62.8 cm³/mol. The van der Waals surface area contributed by atoms with Gasteiger partial charge in [-0.05, 0) is 6.42 Å². The molecular weight excluding hydrogens is 210 g/mol. The molecule has 0 aliphatic carbocycles. The lowest BCUT2D eigenvalue weighted by Gasteiger charge is -2.02. The number of unbranched alkanes of at least 4 members (excludes halogenated alkanes) is 1. The minimum atomic E-state index is 0.125. The van der Waals surface area contributed by atoms with E-state index in [2.05, 4.69) is 17.2 Å². The van der Waals surface area contributed by atoms with Crippen molar-refractivity contribution in [3.63, 3.8) is 0 Å². The number of nitrogen functional groups attached to an aromatic ring is 1. The Labute approximate surface area is 93.9 Å². The number of nitrogens with one attached hydrogen (secondary N) is 1. The first-order valence-electron chi connectivity index (χ1n) is 5.19. The van der Waals surface area contributed by atoms with Crippen LogP contribution in [-0.4, -0.2) is 17.4 Å². The van der Waals surface area contributed by atoms with Crippen LogP contribution in [0.4, 0.5) is 5.13 Å². The number of carbonyl (C=O) groups excluding carboxylic acids is 1. The summed E-state index contributed by atoms with van der Waals surface area (Å²) < 4.78 is 0. The van der Waals surface area contributed by atoms with Gasteiger partial charge >= 0.3 is 0 Å². The topological polar surface area (TPSA) is 68.0 Å². The Hall–Kier alpha value is -1.10. The molecule has 0 bridgehead atoms. The molecular formula is C10H17N3OS. The molecule has 0 aliphatic heterocycles. The van der Waals surface area contributed by atoms with E-state index in [1.165, 1.54) is 11.3 Å². The molecule has 5 heteroatoms. The van der Waals surface area contributed by atoms with Crippen molar-refractivity contribution < 1.29 is 4.79 Å². The predicted octanol–water partition coefficient (Wildman–Crippen LogP) is 1.57. The highest BCUT2D eigenvalue weighted by Crippen LogP contribution is 2.10. The van der Waals surface area contributed by atoms with Crippen molar-refractivity contribution in [3.8, 4) is 0 Å². The molecule has 0 atom stereocenters. The summed E-state index contributed by atoms with van der Waals surface area (Å²) in [6, 6.07) is 0. The Balaban J connectivity index is 2.13. The molecule has 0 spiro atoms. The summed E-state index contributed by atoms with van der Waals surface area (Å²) in [4.78, 5) is 15.4. The second-order valence-electron chi connectivity index (χ2n) is 3.38. The smallest absolute Gasteiger partial charge is 0.220 e. The molecule has 84 valence electrons. The summed E-state index contributed by atoms with van der Waals surface area (Å²) in [5, 5.41) is 5.37. The van der Waals surface area contributed by atoms with Gasteiger partial charge in [-0.2, -0.15) is 0 Å². The number of anilines is 1. The monoisotopic (exact) mass is 227 g/mol. The summed E-state index contributed by atoms with van der Waals surface area (Å²) in [5.41, 5.74) is 6.45. The molecule has 0 saturated carbocycles. The highest BCUT2D eigenvalue weighted by atomic mass is 32.1. The van der Waals surface area contributed by atoms with Gasteiger partial charge in [0.15, 0.2) is 5.13 Å². The number of amides is 1. The van der Waals surface area contributed by atoms with Crippen LogP contribution in [0, 0.1) is 0 Å². The van der Waals surface area contributed by atoms with Crippen molar-refractivity contribution in [2.24, 2.45) is 0 Å². The number of aromatic nitrogens is 1. The SMILES string of the molecule is CCCCC(=O)NCCc1csc(N)n1. The minimum absolute atomic E-state index is 0.125. The summed E-state index contributed by atoms with van der Waals surface area (Å²) in [5.74, 6) is 0.125. The molecule has 4 nitrogen and oxygen atoms in total. The lowest BCUT2D eigenvalue weighted by Crippen LogP contribution is -2.25. The third kappa shape index (κ3) is 4.78. The van der Waals surface area contributed by atoms with Gasteiger partial charge in [-0.15, -0.1) is 11.3 Å². The Bertz CT molecular complexity index is 311. The third-order valence-electron chi connectivity index (χ3n) is 2.03. The van der Waals surface area contributed by atoms with Crippen LogP contribution in [0.25, 0.3) is 0 Å². The van der Waals surface area contributed by atoms with Gasteiger partial charge in [0.1, 0.15) is 0 Å². The van der Waals surface area contributed by atoms with Gasteiger partial charge in [-0.25, -0.2) is 4.98 Å². The standard InChI is InChI=1S/C10H17N3OS/c1-2-3-4-9(14)12-6-5-8-7-15-10(11)13-8/h7H,2-6H2,1H3,(H2,11,13)(H,12,14). The number of rotatable bonds is 6. The van der Waals surface area contributed by atoms with Crippen molar-refractivity contribution >= 4 is 22.4 Å². The minimum Gasteiger partial charge on any atom is -0.375 e. The van der Waals surface area contributed by atoms with Crippen molar-refractivity contribution in [2.45, 2.75) is 32.6 Å². The van der Waals surface area contributed by atoms with Crippen molar-refractivity contribution in [2.75, 3.05) is 12.3 Å². The highest BCUT2D eigenvalue weighted by molar-refractivity contribution is 7.13. The van der Waals surface area contributed by atoms with E-state index in [0.717, 1.165) is 25.0 Å². The first-order chi connectivity index (χ1) is 7.22. The molecule has 0 saturated heterocycles. The Morgan fingerprint density at radius 1 is 1.67 bits per heavy atom. The van der Waals surface area contributed by atoms with Crippen molar-refractivity contribution in [1.82, 2.24) is 10.3 Å². The van der Waals surface area contributed by atoms with E-state index >= 15 is 0 Å². The zero-order chi connectivity index (χ0) is 11.1. The lowest BCUT2D eigenvalue weighted by atomic mass is 10.2. The van der Waals surface area contributed by atoms with E-state index in [4.69, 9.17) is 5.73 Å². The van der Waals surface area contributed by atoms with Crippen LogP contribution < -0.4 is 11.1 Å². The van der Waals surface area contributed by atoms with Gasteiger partial charge in [0.05, 0.1) is 5.69 Å². The number of hydrogen-bond acceptors (Lipinski definition) is 4. The van der Waals surface area contributed by atoms with E-state index in [0.29, 0.717) is 18.1 Å². The second kappa shape index (κ2) is 6.40. The lowest BCUT2D eigenvalue weighted by molar-refractivity contribution is -0.121. The fraction of sp³-hybridized carbons (Fsp3) is 0.600. The average Bonchev–Trinajstić information content (AvgIpc) is 2.61. The summed E-state index contributed by atoms with van der Waals surface area (Å²) in [6.07, 6.45) is 3.38. The van der Waals surface area contributed by atoms with Crippen LogP contribution >= 0.6 is 11.3 Å². The summed E-state index contributed by atoms with van der Waals surface area (Å²) >= 11 is 1.43. The van der Waals surface area contributed by atoms with Gasteiger partial charge in [0.25, 0.3) is 0 Å². The molecule has 15 heavy (non-hydrogen) atoms. The maximum Gasteiger partial charge on any atom is 0.220 e. The maximum absolute atomic E-state index is 11.2. The zero-order valence-corrected chi connectivity index (χ0v) is 9.77. The number of thiazole rings is 1. The van der Waals surface area contributed by atoms with Crippen LogP contribution in [0.5, 0.6) is 0 Å². The van der Waals surface area contributed by atoms with Crippen LogP contribution in [-0.2, 0) is 11.2 Å². The molecule has 0 unspecified atom stereocenters. The van der Waals surface area contributed by atoms with Crippen LogP contribution in [0.3, 0.4) is 0 Å². The molecule has 1 aromatic heterocycles. The van der Waals surface area contributed by atoms with E-state index in [1.807, 2.05) is 5.38 Å². The fourth-order valence-electron chi connectivity index (χ4n) is 1.19. The van der Waals surface area contributed by atoms with E-state index in [-0.39, 0.29) is 5.91 Å². The van der Waals surface area contributed by atoms with Crippen LogP contribution in [0.15, 0.2) is 5.38 Å². The molecule has 1 aromatic rings. The average molecular weight is 227 g/mol. The molecule has 0 radical (unpaired) electrons. The third-order valence-corrected chi connectivity index (χ3v) is 2.75. The van der Waals surface area contributed by atoms with Gasteiger partial charge in [-0.1, -0.05) is 13.3 Å². The van der Waals surface area contributed by atoms with Crippen molar-refractivity contribution in [1.29, 1.82) is 0 Å². The Kier molecular flexibility index (Phi) is 5.10. The second-order valence-corrected chi connectivity index (χ2v) is 4.27. The van der Waals surface area contributed by atoms with E-state index in [1.54, 1.807) is 0 Å². The summed E-state index contributed by atoms with van der Waals surface area (Å²) in [6.45, 7) is 2.72. The molecule has 0 fully saturated rings.